The van der Waals surface area contributed by atoms with Gasteiger partial charge < -0.3 is 15.2 Å². The Hall–Kier alpha value is -0.780. The first kappa shape index (κ1) is 15.6. The van der Waals surface area contributed by atoms with Crippen LogP contribution in [-0.4, -0.2) is 56.0 Å². The third kappa shape index (κ3) is 4.11. The van der Waals surface area contributed by atoms with Gasteiger partial charge in [-0.2, -0.15) is 0 Å². The van der Waals surface area contributed by atoms with Crippen molar-refractivity contribution >= 4 is 11.4 Å². The molecule has 2 unspecified atom stereocenters. The summed E-state index contributed by atoms with van der Waals surface area (Å²) < 4.78 is 10.9. The minimum atomic E-state index is -0.0896. The van der Waals surface area contributed by atoms with Gasteiger partial charge in [0.05, 0.1) is 31.3 Å². The van der Waals surface area contributed by atoms with Gasteiger partial charge >= 0.3 is 0 Å². The molecule has 0 radical (unpaired) electrons. The van der Waals surface area contributed by atoms with Crippen molar-refractivity contribution in [3.63, 3.8) is 0 Å². The Bertz CT molecular complexity index is 334. The average molecular weight is 281 g/mol. The van der Waals surface area contributed by atoms with Crippen LogP contribution in [0, 0.1) is 0 Å². The number of ether oxygens (including phenoxy) is 2. The van der Waals surface area contributed by atoms with Crippen LogP contribution in [0.1, 0.15) is 39.5 Å². The molecule has 2 N–H and O–H groups in total. The number of aliphatic imine (C=N–C) groups is 2. The molecule has 0 bridgehead atoms. The number of rotatable bonds is 8. The van der Waals surface area contributed by atoms with Gasteiger partial charge in [0.2, 0.25) is 0 Å². The fourth-order valence-electron chi connectivity index (χ4n) is 2.77. The lowest BCUT2D eigenvalue weighted by molar-refractivity contribution is 0.134. The Morgan fingerprint density at radius 1 is 1.00 bits per heavy atom. The number of hydrogen-bond acceptors (Lipinski definition) is 5. The highest BCUT2D eigenvalue weighted by atomic mass is 16.5. The van der Waals surface area contributed by atoms with Crippen molar-refractivity contribution in [2.24, 2.45) is 15.7 Å². The molecule has 2 aliphatic heterocycles. The average Bonchev–Trinajstić information content (AvgIpc) is 3.11. The molecule has 2 heterocycles. The van der Waals surface area contributed by atoms with Crippen LogP contribution in [0.25, 0.3) is 0 Å². The van der Waals surface area contributed by atoms with Crippen LogP contribution >= 0.6 is 0 Å². The van der Waals surface area contributed by atoms with Crippen LogP contribution in [-0.2, 0) is 9.47 Å². The largest absolute Gasteiger partial charge is 0.380 e. The van der Waals surface area contributed by atoms with Crippen molar-refractivity contribution in [1.82, 2.24) is 0 Å². The number of nitrogens with zero attached hydrogens (tertiary/aromatic N) is 2. The van der Waals surface area contributed by atoms with Gasteiger partial charge in [0, 0.05) is 24.6 Å². The van der Waals surface area contributed by atoms with Gasteiger partial charge in [0.15, 0.2) is 0 Å². The summed E-state index contributed by atoms with van der Waals surface area (Å²) in [4.78, 5) is 9.42. The third-order valence-electron chi connectivity index (χ3n) is 3.91. The molecule has 0 aromatic heterocycles. The second-order valence-electron chi connectivity index (χ2n) is 5.42. The van der Waals surface area contributed by atoms with Crippen molar-refractivity contribution < 1.29 is 9.47 Å². The molecular weight excluding hydrogens is 254 g/mol. The summed E-state index contributed by atoms with van der Waals surface area (Å²) in [5.74, 6) is 0. The van der Waals surface area contributed by atoms with Crippen LogP contribution in [0.15, 0.2) is 9.98 Å². The van der Waals surface area contributed by atoms with Gasteiger partial charge in [-0.1, -0.05) is 0 Å². The highest BCUT2D eigenvalue weighted by Crippen LogP contribution is 2.20. The Balaban J connectivity index is 1.87. The maximum Gasteiger partial charge on any atom is 0.0812 e. The molecule has 0 fully saturated rings. The maximum absolute atomic E-state index is 6.32. The van der Waals surface area contributed by atoms with E-state index in [9.17, 15) is 0 Å². The first-order valence-electron chi connectivity index (χ1n) is 7.78. The number of nitrogens with two attached hydrogens (primary N) is 1. The lowest BCUT2D eigenvalue weighted by Crippen LogP contribution is -2.37. The van der Waals surface area contributed by atoms with Gasteiger partial charge in [0.25, 0.3) is 0 Å². The van der Waals surface area contributed by atoms with Crippen molar-refractivity contribution in [3.8, 4) is 0 Å². The molecule has 0 amide bonds. The standard InChI is InChI=1S/C15H27N3O2/c1-3-19-9-11-5-7-13(17-11)15(16)14-8-6-12(18-14)10-20-4-2/h11-12,15H,3-10,16H2,1-2H3. The summed E-state index contributed by atoms with van der Waals surface area (Å²) in [6.07, 6.45) is 4.07. The summed E-state index contributed by atoms with van der Waals surface area (Å²) in [6, 6.07) is 0.489. The second-order valence-corrected chi connectivity index (χ2v) is 5.42. The second kappa shape index (κ2) is 7.86. The number of hydrogen-bond donors (Lipinski definition) is 1. The minimum absolute atomic E-state index is 0.0896. The molecule has 0 spiro atoms. The van der Waals surface area contributed by atoms with Gasteiger partial charge in [-0.3, -0.25) is 9.98 Å². The summed E-state index contributed by atoms with van der Waals surface area (Å²) >= 11 is 0. The Morgan fingerprint density at radius 3 is 1.85 bits per heavy atom. The van der Waals surface area contributed by atoms with E-state index in [-0.39, 0.29) is 18.1 Å². The molecule has 0 aromatic rings. The molecule has 0 aliphatic carbocycles. The zero-order chi connectivity index (χ0) is 14.4. The molecule has 114 valence electrons. The summed E-state index contributed by atoms with van der Waals surface area (Å²) in [6.45, 7) is 6.95. The smallest absolute Gasteiger partial charge is 0.0812 e. The molecule has 0 saturated carbocycles. The monoisotopic (exact) mass is 281 g/mol. The fraction of sp³-hybridized carbons (Fsp3) is 0.867. The van der Waals surface area contributed by atoms with Gasteiger partial charge in [0.1, 0.15) is 0 Å². The molecule has 20 heavy (non-hydrogen) atoms. The van der Waals surface area contributed by atoms with E-state index in [0.29, 0.717) is 13.2 Å². The van der Waals surface area contributed by atoms with Crippen molar-refractivity contribution in [2.75, 3.05) is 26.4 Å². The third-order valence-corrected chi connectivity index (χ3v) is 3.91. The minimum Gasteiger partial charge on any atom is -0.380 e. The predicted molar refractivity (Wildman–Crippen MR) is 81.9 cm³/mol. The van der Waals surface area contributed by atoms with E-state index in [1.165, 1.54) is 0 Å². The lowest BCUT2D eigenvalue weighted by atomic mass is 10.0. The van der Waals surface area contributed by atoms with Crippen LogP contribution in [0.5, 0.6) is 0 Å². The van der Waals surface area contributed by atoms with Crippen molar-refractivity contribution in [1.29, 1.82) is 0 Å². The predicted octanol–water partition coefficient (Wildman–Crippen LogP) is 1.59. The summed E-state index contributed by atoms with van der Waals surface area (Å²) in [5, 5.41) is 0. The highest BCUT2D eigenvalue weighted by Gasteiger charge is 2.28. The van der Waals surface area contributed by atoms with E-state index in [4.69, 9.17) is 25.2 Å². The van der Waals surface area contributed by atoms with Crippen molar-refractivity contribution in [2.45, 2.75) is 57.7 Å². The zero-order valence-corrected chi connectivity index (χ0v) is 12.7. The summed E-state index contributed by atoms with van der Waals surface area (Å²) in [7, 11) is 0. The molecular formula is C15H27N3O2. The van der Waals surface area contributed by atoms with Gasteiger partial charge in [-0.15, -0.1) is 0 Å². The topological polar surface area (TPSA) is 69.2 Å². The normalized spacial score (nSPS) is 27.6. The molecule has 5 heteroatoms. The van der Waals surface area contributed by atoms with E-state index in [0.717, 1.165) is 50.3 Å². The first-order valence-corrected chi connectivity index (χ1v) is 7.78. The fourth-order valence-corrected chi connectivity index (χ4v) is 2.77. The molecule has 0 aromatic carbocycles. The Labute approximate surface area is 121 Å². The lowest BCUT2D eigenvalue weighted by Gasteiger charge is -2.11. The molecule has 0 saturated heterocycles. The SMILES string of the molecule is CCOCC1CCC(C(N)C2=NC(COCC)CC2)=N1. The molecule has 2 atom stereocenters. The van der Waals surface area contributed by atoms with Crippen LogP contribution < -0.4 is 5.73 Å². The van der Waals surface area contributed by atoms with Crippen LogP contribution in [0.2, 0.25) is 0 Å². The summed E-state index contributed by atoms with van der Waals surface area (Å²) in [5.41, 5.74) is 8.53. The van der Waals surface area contributed by atoms with E-state index in [1.807, 2.05) is 13.8 Å². The highest BCUT2D eigenvalue weighted by molar-refractivity contribution is 6.12. The zero-order valence-electron chi connectivity index (χ0n) is 12.7. The van der Waals surface area contributed by atoms with Crippen molar-refractivity contribution in [3.05, 3.63) is 0 Å². The first-order chi connectivity index (χ1) is 9.74. The Kier molecular flexibility index (Phi) is 6.13. The van der Waals surface area contributed by atoms with Crippen LogP contribution in [0.4, 0.5) is 0 Å². The van der Waals surface area contributed by atoms with Gasteiger partial charge in [-0.25, -0.2) is 0 Å². The Morgan fingerprint density at radius 2 is 1.45 bits per heavy atom. The quantitative estimate of drug-likeness (QED) is 0.734. The maximum atomic E-state index is 6.32. The molecule has 2 aliphatic rings. The van der Waals surface area contributed by atoms with E-state index in [2.05, 4.69) is 0 Å². The van der Waals surface area contributed by atoms with Gasteiger partial charge in [-0.05, 0) is 39.5 Å². The van der Waals surface area contributed by atoms with E-state index < -0.39 is 0 Å². The van der Waals surface area contributed by atoms with E-state index >= 15 is 0 Å². The van der Waals surface area contributed by atoms with Crippen LogP contribution in [0.3, 0.4) is 0 Å². The molecule has 2 rings (SSSR count). The van der Waals surface area contributed by atoms with E-state index in [1.54, 1.807) is 0 Å². The molecule has 5 nitrogen and oxygen atoms in total.